The van der Waals surface area contributed by atoms with Crippen LogP contribution in [-0.4, -0.2) is 19.7 Å². The van der Waals surface area contributed by atoms with Crippen LogP contribution in [0.2, 0.25) is 0 Å². The van der Waals surface area contributed by atoms with Gasteiger partial charge in [0.05, 0.1) is 18.6 Å². The first-order valence-corrected chi connectivity index (χ1v) is 23.0. The van der Waals surface area contributed by atoms with Crippen LogP contribution in [0.4, 0.5) is 11.6 Å². The second kappa shape index (κ2) is 38.6. The van der Waals surface area contributed by atoms with E-state index < -0.39 is 0 Å². The summed E-state index contributed by atoms with van der Waals surface area (Å²) < 4.78 is 11.2. The molecule has 52 heavy (non-hydrogen) atoms. The molecule has 0 aliphatic rings. The molecule has 0 amide bonds. The quantitative estimate of drug-likeness (QED) is 0.0557. The van der Waals surface area contributed by atoms with Gasteiger partial charge in [-0.05, 0) is 38.0 Å². The zero-order chi connectivity index (χ0) is 37.4. The fraction of sp³-hybridized carbons (Fsp3) is 0.792. The van der Waals surface area contributed by atoms with Crippen molar-refractivity contribution in [3.63, 3.8) is 0 Å². The molecule has 0 atom stereocenters. The van der Waals surface area contributed by atoms with E-state index in [1.807, 2.05) is 30.3 Å². The van der Waals surface area contributed by atoms with Gasteiger partial charge in [-0.25, -0.2) is 0 Å². The minimum absolute atomic E-state index is 0.740. The van der Waals surface area contributed by atoms with Crippen molar-refractivity contribution < 1.29 is 9.15 Å². The van der Waals surface area contributed by atoms with Gasteiger partial charge >= 0.3 is 0 Å². The monoisotopic (exact) mass is 725 g/mol. The van der Waals surface area contributed by atoms with Gasteiger partial charge in [-0.1, -0.05) is 219 Å². The largest absolute Gasteiger partial charge is 0.491 e. The fourth-order valence-corrected chi connectivity index (χ4v) is 7.17. The maximum Gasteiger partial charge on any atom is 0.195 e. The van der Waals surface area contributed by atoms with Gasteiger partial charge in [-0.15, -0.1) is 0 Å². The summed E-state index contributed by atoms with van der Waals surface area (Å²) in [7, 11) is 0. The first-order valence-electron chi connectivity index (χ1n) is 23.0. The van der Waals surface area contributed by atoms with Crippen LogP contribution in [0.5, 0.6) is 5.75 Å². The Bertz CT molecular complexity index is 946. The van der Waals surface area contributed by atoms with E-state index in [2.05, 4.69) is 31.7 Å². The van der Waals surface area contributed by atoms with Crippen molar-refractivity contribution in [1.29, 1.82) is 0 Å². The van der Waals surface area contributed by atoms with Gasteiger partial charge in [-0.3, -0.25) is 0 Å². The highest BCUT2D eigenvalue weighted by atomic mass is 16.5. The van der Waals surface area contributed by atoms with Crippen LogP contribution in [0, 0.1) is 0 Å². The Hall–Kier alpha value is -2.10. The number of nitrogen functional groups attached to an aromatic ring is 1. The van der Waals surface area contributed by atoms with E-state index in [0.717, 1.165) is 43.4 Å². The molecule has 0 aliphatic carbocycles. The number of hydrogen-bond acceptors (Lipinski definition) is 4. The average molecular weight is 725 g/mol. The van der Waals surface area contributed by atoms with Gasteiger partial charge in [0.25, 0.3) is 0 Å². The molecule has 1 aromatic heterocycles. The molecule has 302 valence electrons. The summed E-state index contributed by atoms with van der Waals surface area (Å²) in [5, 5.41) is 0. The van der Waals surface area contributed by atoms with Crippen LogP contribution < -0.4 is 15.4 Å². The van der Waals surface area contributed by atoms with Gasteiger partial charge in [0.2, 0.25) is 0 Å². The minimum Gasteiger partial charge on any atom is -0.491 e. The van der Waals surface area contributed by atoms with Crippen molar-refractivity contribution >= 4 is 11.6 Å². The van der Waals surface area contributed by atoms with E-state index in [0.29, 0.717) is 0 Å². The van der Waals surface area contributed by atoms with Gasteiger partial charge < -0.3 is 19.8 Å². The third-order valence-corrected chi connectivity index (χ3v) is 10.7. The van der Waals surface area contributed by atoms with Gasteiger partial charge in [0.1, 0.15) is 5.75 Å². The van der Waals surface area contributed by atoms with E-state index in [4.69, 9.17) is 14.9 Å². The van der Waals surface area contributed by atoms with Crippen molar-refractivity contribution in [2.45, 2.75) is 226 Å². The minimum atomic E-state index is 0.740. The lowest BCUT2D eigenvalue weighted by Gasteiger charge is -2.19. The molecule has 2 rings (SSSR count). The molecule has 1 aromatic carbocycles. The first kappa shape index (κ1) is 47.9. The number of nitrogens with zero attached hydrogens (tertiary/aromatic N) is 1. The lowest BCUT2D eigenvalue weighted by molar-refractivity contribution is 0.306. The van der Waals surface area contributed by atoms with Crippen molar-refractivity contribution in [3.05, 3.63) is 42.7 Å². The van der Waals surface area contributed by atoms with Gasteiger partial charge in [-0.2, -0.15) is 0 Å². The maximum atomic E-state index is 5.87. The molecule has 0 radical (unpaired) electrons. The summed E-state index contributed by atoms with van der Waals surface area (Å²) in [5.41, 5.74) is 6.61. The molecule has 1 heterocycles. The Morgan fingerprint density at radius 2 is 0.846 bits per heavy atom. The predicted octanol–water partition coefficient (Wildman–Crippen LogP) is 16.3. The number of benzene rings is 1. The molecule has 0 spiro atoms. The SMILES string of the molecule is CCCCCCCCCCCCCCCCCCN(CC)c1ccco1.CCCCCCCCCCCCCCCCCCOc1ccccc1N. The topological polar surface area (TPSA) is 51.6 Å². The first-order chi connectivity index (χ1) is 25.7. The third kappa shape index (κ3) is 30.4. The van der Waals surface area contributed by atoms with E-state index in [1.54, 1.807) is 6.26 Å². The normalized spacial score (nSPS) is 11.1. The summed E-state index contributed by atoms with van der Waals surface area (Å²) in [4.78, 5) is 2.34. The van der Waals surface area contributed by atoms with Crippen molar-refractivity contribution in [2.24, 2.45) is 0 Å². The molecule has 0 unspecified atom stereocenters. The molecule has 0 fully saturated rings. The molecule has 4 heteroatoms. The highest BCUT2D eigenvalue weighted by Gasteiger charge is 2.06. The number of rotatable bonds is 37. The lowest BCUT2D eigenvalue weighted by atomic mass is 10.0. The number of unbranched alkanes of at least 4 members (excludes halogenated alkanes) is 30. The van der Waals surface area contributed by atoms with Crippen LogP contribution >= 0.6 is 0 Å². The second-order valence-corrected chi connectivity index (χ2v) is 15.5. The third-order valence-electron chi connectivity index (χ3n) is 10.7. The van der Waals surface area contributed by atoms with Gasteiger partial charge in [0.15, 0.2) is 5.88 Å². The van der Waals surface area contributed by atoms with E-state index in [1.165, 1.54) is 199 Å². The van der Waals surface area contributed by atoms with Gasteiger partial charge in [0, 0.05) is 19.2 Å². The summed E-state index contributed by atoms with van der Waals surface area (Å²) in [6.45, 7) is 9.73. The Balaban J connectivity index is 0.000000520. The number of nitrogens with two attached hydrogens (primary N) is 1. The molecule has 4 nitrogen and oxygen atoms in total. The number of para-hydroxylation sites is 2. The Labute approximate surface area is 324 Å². The number of anilines is 2. The molecule has 0 bridgehead atoms. The molecular formula is C48H88N2O2. The molecule has 0 saturated carbocycles. The molecule has 2 N–H and O–H groups in total. The fourth-order valence-electron chi connectivity index (χ4n) is 7.17. The number of hydrogen-bond donors (Lipinski definition) is 1. The van der Waals surface area contributed by atoms with Crippen LogP contribution in [0.25, 0.3) is 0 Å². The van der Waals surface area contributed by atoms with E-state index >= 15 is 0 Å². The highest BCUT2D eigenvalue weighted by Crippen LogP contribution is 2.21. The summed E-state index contributed by atoms with van der Waals surface area (Å²) in [5.74, 6) is 1.85. The second-order valence-electron chi connectivity index (χ2n) is 15.5. The van der Waals surface area contributed by atoms with Crippen LogP contribution in [0.15, 0.2) is 47.1 Å². The summed E-state index contributed by atoms with van der Waals surface area (Å²) in [6.07, 6.45) is 47.0. The number of furan rings is 1. The Kier molecular flexibility index (Phi) is 35.6. The van der Waals surface area contributed by atoms with E-state index in [9.17, 15) is 0 Å². The Morgan fingerprint density at radius 3 is 1.21 bits per heavy atom. The molecule has 0 aliphatic heterocycles. The highest BCUT2D eigenvalue weighted by molar-refractivity contribution is 5.51. The smallest absolute Gasteiger partial charge is 0.195 e. The molecule has 2 aromatic rings. The molecular weight excluding hydrogens is 637 g/mol. The van der Waals surface area contributed by atoms with Crippen molar-refractivity contribution in [3.8, 4) is 5.75 Å². The Morgan fingerprint density at radius 1 is 0.462 bits per heavy atom. The number of ether oxygens (including phenoxy) is 1. The van der Waals surface area contributed by atoms with E-state index in [-0.39, 0.29) is 0 Å². The zero-order valence-corrected chi connectivity index (χ0v) is 35.1. The average Bonchev–Trinajstić information content (AvgIpc) is 3.70. The molecule has 0 saturated heterocycles. The zero-order valence-electron chi connectivity index (χ0n) is 35.1. The standard InChI is InChI=1S/C24H45NO.C24H43NO/c1-3-5-6-7-8-9-10-11-12-13-14-15-16-17-18-19-22-25(4-2)24-21-20-23-26-24;1-2-3-4-5-6-7-8-9-10-11-12-13-14-15-16-19-22-26-24-21-18-17-20-23(24)25/h20-21,23H,3-19,22H2,1-2H3;17-18,20-21H,2-16,19,22,25H2,1H3. The van der Waals surface area contributed by atoms with Crippen molar-refractivity contribution in [2.75, 3.05) is 30.3 Å². The maximum absolute atomic E-state index is 5.87. The van der Waals surface area contributed by atoms with Crippen molar-refractivity contribution in [1.82, 2.24) is 0 Å². The van der Waals surface area contributed by atoms with Crippen LogP contribution in [0.3, 0.4) is 0 Å². The van der Waals surface area contributed by atoms with Crippen LogP contribution in [0.1, 0.15) is 226 Å². The lowest BCUT2D eigenvalue weighted by Crippen LogP contribution is -2.23. The predicted molar refractivity (Wildman–Crippen MR) is 232 cm³/mol. The summed E-state index contributed by atoms with van der Waals surface area (Å²) >= 11 is 0. The summed E-state index contributed by atoms with van der Waals surface area (Å²) in [6, 6.07) is 11.8. The van der Waals surface area contributed by atoms with Crippen LogP contribution in [-0.2, 0) is 0 Å².